The molecule has 100 valence electrons. The second-order valence-electron chi connectivity index (χ2n) is 4.12. The number of carbonyl (C=O) groups is 2. The number of nitrogens with zero attached hydrogens (tertiary/aromatic N) is 1. The van der Waals surface area contributed by atoms with E-state index in [1.165, 1.54) is 11.8 Å². The van der Waals surface area contributed by atoms with Crippen LogP contribution in [-0.4, -0.2) is 34.8 Å². The van der Waals surface area contributed by atoms with Gasteiger partial charge in [0.15, 0.2) is 5.78 Å². The Hall–Kier alpha value is -1.23. The fourth-order valence-electron chi connectivity index (χ4n) is 1.96. The van der Waals surface area contributed by atoms with Gasteiger partial charge >= 0.3 is 0 Å². The summed E-state index contributed by atoms with van der Waals surface area (Å²) in [6, 6.07) is 1.93. The number of carbonyl (C=O) groups excluding carboxylic acids is 2. The van der Waals surface area contributed by atoms with Crippen LogP contribution in [0.5, 0.6) is 0 Å². The zero-order chi connectivity index (χ0) is 13.7. The predicted octanol–water partition coefficient (Wildman–Crippen LogP) is 1.79. The Morgan fingerprint density at radius 3 is 2.50 bits per heavy atom. The van der Waals surface area contributed by atoms with E-state index in [4.69, 9.17) is 0 Å². The number of aromatic nitrogens is 1. The summed E-state index contributed by atoms with van der Waals surface area (Å²) in [5.74, 6) is 0.722. The predicted molar refractivity (Wildman–Crippen MR) is 75.3 cm³/mol. The largest absolute Gasteiger partial charge is 0.358 e. The van der Waals surface area contributed by atoms with E-state index in [0.29, 0.717) is 11.5 Å². The van der Waals surface area contributed by atoms with E-state index >= 15 is 0 Å². The van der Waals surface area contributed by atoms with Gasteiger partial charge in [-0.2, -0.15) is 0 Å². The first-order chi connectivity index (χ1) is 8.51. The Balaban J connectivity index is 2.65. The highest BCUT2D eigenvalue weighted by atomic mass is 32.2. The van der Waals surface area contributed by atoms with E-state index in [1.807, 2.05) is 19.9 Å². The van der Waals surface area contributed by atoms with Crippen LogP contribution in [-0.2, 0) is 11.3 Å². The van der Waals surface area contributed by atoms with Crippen molar-refractivity contribution in [2.24, 2.45) is 0 Å². The molecule has 1 amide bonds. The molecule has 1 N–H and O–H groups in total. The van der Waals surface area contributed by atoms with Gasteiger partial charge < -0.3 is 9.88 Å². The Labute approximate surface area is 112 Å². The quantitative estimate of drug-likeness (QED) is 0.800. The smallest absolute Gasteiger partial charge is 0.229 e. The Morgan fingerprint density at radius 1 is 1.33 bits per heavy atom. The van der Waals surface area contributed by atoms with Gasteiger partial charge in [-0.05, 0) is 26.8 Å². The Morgan fingerprint density at radius 2 is 2.00 bits per heavy atom. The molecule has 0 atom stereocenters. The number of hydrogen-bond donors (Lipinski definition) is 1. The SMILES string of the molecule is CCn1c(C)cc(C(=O)CSCC(=O)NC)c1C. The van der Waals surface area contributed by atoms with Gasteiger partial charge in [0, 0.05) is 30.5 Å². The molecule has 0 aliphatic carbocycles. The van der Waals surface area contributed by atoms with Crippen molar-refractivity contribution >= 4 is 23.5 Å². The van der Waals surface area contributed by atoms with Crippen LogP contribution in [0.4, 0.5) is 0 Å². The van der Waals surface area contributed by atoms with E-state index in [0.717, 1.165) is 23.5 Å². The highest BCUT2D eigenvalue weighted by Crippen LogP contribution is 2.17. The summed E-state index contributed by atoms with van der Waals surface area (Å²) in [7, 11) is 1.60. The summed E-state index contributed by atoms with van der Waals surface area (Å²) in [6.07, 6.45) is 0. The van der Waals surface area contributed by atoms with Crippen LogP contribution in [0, 0.1) is 13.8 Å². The van der Waals surface area contributed by atoms with Crippen LogP contribution in [0.25, 0.3) is 0 Å². The lowest BCUT2D eigenvalue weighted by atomic mass is 10.2. The van der Waals surface area contributed by atoms with Crippen LogP contribution in [0.1, 0.15) is 28.7 Å². The number of hydrogen-bond acceptors (Lipinski definition) is 3. The molecule has 0 saturated heterocycles. The number of thioether (sulfide) groups is 1. The van der Waals surface area contributed by atoms with Gasteiger partial charge in [-0.3, -0.25) is 9.59 Å². The standard InChI is InChI=1S/C13H20N2O2S/c1-5-15-9(2)6-11(10(15)3)12(16)7-18-8-13(17)14-4/h6H,5,7-8H2,1-4H3,(H,14,17). The minimum atomic E-state index is -0.0492. The van der Waals surface area contributed by atoms with Crippen molar-refractivity contribution in [1.82, 2.24) is 9.88 Å². The van der Waals surface area contributed by atoms with E-state index in [1.54, 1.807) is 7.05 Å². The molecule has 4 nitrogen and oxygen atoms in total. The normalized spacial score (nSPS) is 10.4. The maximum atomic E-state index is 12.1. The van der Waals surface area contributed by atoms with Crippen molar-refractivity contribution in [3.8, 4) is 0 Å². The van der Waals surface area contributed by atoms with Crippen molar-refractivity contribution in [3.63, 3.8) is 0 Å². The number of rotatable bonds is 6. The topological polar surface area (TPSA) is 51.1 Å². The van der Waals surface area contributed by atoms with Crippen LogP contribution in [0.2, 0.25) is 0 Å². The van der Waals surface area contributed by atoms with Gasteiger partial charge in [0.05, 0.1) is 11.5 Å². The first-order valence-corrected chi connectivity index (χ1v) is 7.15. The molecule has 0 aliphatic heterocycles. The number of Topliss-reactive ketones (excluding diaryl/α,β-unsaturated/α-hetero) is 1. The molecule has 0 unspecified atom stereocenters. The maximum absolute atomic E-state index is 12.1. The molecule has 1 heterocycles. The Kier molecular flexibility index (Phi) is 5.47. The van der Waals surface area contributed by atoms with E-state index < -0.39 is 0 Å². The number of amides is 1. The molecular formula is C13H20N2O2S. The van der Waals surface area contributed by atoms with Crippen molar-refractivity contribution in [1.29, 1.82) is 0 Å². The monoisotopic (exact) mass is 268 g/mol. The lowest BCUT2D eigenvalue weighted by molar-refractivity contribution is -0.118. The third-order valence-corrected chi connectivity index (χ3v) is 3.87. The molecule has 0 fully saturated rings. The molecule has 1 rings (SSSR count). The first-order valence-electron chi connectivity index (χ1n) is 5.99. The van der Waals surface area contributed by atoms with Gasteiger partial charge in [-0.1, -0.05) is 0 Å². The summed E-state index contributed by atoms with van der Waals surface area (Å²) >= 11 is 1.35. The molecule has 0 saturated carbocycles. The number of ketones is 1. The molecule has 0 bridgehead atoms. The minimum absolute atomic E-state index is 0.0492. The summed E-state index contributed by atoms with van der Waals surface area (Å²) in [4.78, 5) is 23.1. The van der Waals surface area contributed by atoms with Gasteiger partial charge in [-0.15, -0.1) is 11.8 Å². The minimum Gasteiger partial charge on any atom is -0.358 e. The average molecular weight is 268 g/mol. The summed E-state index contributed by atoms with van der Waals surface area (Å²) in [5, 5.41) is 2.54. The Bertz CT molecular complexity index is 452. The fraction of sp³-hybridized carbons (Fsp3) is 0.538. The molecule has 18 heavy (non-hydrogen) atoms. The number of aryl methyl sites for hydroxylation is 1. The van der Waals surface area contributed by atoms with Gasteiger partial charge in [0.2, 0.25) is 5.91 Å². The van der Waals surface area contributed by atoms with Crippen molar-refractivity contribution in [2.75, 3.05) is 18.6 Å². The first kappa shape index (κ1) is 14.8. The molecule has 0 spiro atoms. The third kappa shape index (κ3) is 3.38. The van der Waals surface area contributed by atoms with Crippen molar-refractivity contribution < 1.29 is 9.59 Å². The van der Waals surface area contributed by atoms with Gasteiger partial charge in [0.25, 0.3) is 0 Å². The van der Waals surface area contributed by atoms with E-state index in [-0.39, 0.29) is 11.7 Å². The second kappa shape index (κ2) is 6.64. The molecule has 0 aliphatic rings. The summed E-state index contributed by atoms with van der Waals surface area (Å²) in [5.41, 5.74) is 2.90. The lowest BCUT2D eigenvalue weighted by Crippen LogP contribution is -2.20. The number of nitrogens with one attached hydrogen (secondary N) is 1. The van der Waals surface area contributed by atoms with E-state index in [9.17, 15) is 9.59 Å². The fourth-order valence-corrected chi connectivity index (χ4v) is 2.73. The maximum Gasteiger partial charge on any atom is 0.229 e. The molecule has 5 heteroatoms. The van der Waals surface area contributed by atoms with Crippen LogP contribution < -0.4 is 5.32 Å². The van der Waals surface area contributed by atoms with Crippen molar-refractivity contribution in [3.05, 3.63) is 23.0 Å². The summed E-state index contributed by atoms with van der Waals surface area (Å²) < 4.78 is 2.12. The van der Waals surface area contributed by atoms with Crippen LogP contribution in [0.3, 0.4) is 0 Å². The molecule has 1 aromatic heterocycles. The third-order valence-electron chi connectivity index (χ3n) is 2.94. The van der Waals surface area contributed by atoms with Gasteiger partial charge in [-0.25, -0.2) is 0 Å². The highest BCUT2D eigenvalue weighted by molar-refractivity contribution is 8.00. The van der Waals surface area contributed by atoms with Crippen molar-refractivity contribution in [2.45, 2.75) is 27.3 Å². The second-order valence-corrected chi connectivity index (χ2v) is 5.10. The lowest BCUT2D eigenvalue weighted by Gasteiger charge is -2.05. The highest BCUT2D eigenvalue weighted by Gasteiger charge is 2.15. The molecule has 0 radical (unpaired) electrons. The van der Waals surface area contributed by atoms with Crippen LogP contribution >= 0.6 is 11.8 Å². The van der Waals surface area contributed by atoms with Gasteiger partial charge in [0.1, 0.15) is 0 Å². The zero-order valence-corrected chi connectivity index (χ0v) is 12.2. The molecule has 0 aromatic carbocycles. The average Bonchev–Trinajstić information content (AvgIpc) is 2.64. The summed E-state index contributed by atoms with van der Waals surface area (Å²) in [6.45, 7) is 6.91. The zero-order valence-electron chi connectivity index (χ0n) is 11.4. The van der Waals surface area contributed by atoms with Crippen LogP contribution in [0.15, 0.2) is 6.07 Å². The molecule has 1 aromatic rings. The van der Waals surface area contributed by atoms with E-state index in [2.05, 4.69) is 16.8 Å². The molecular weight excluding hydrogens is 248 g/mol.